The van der Waals surface area contributed by atoms with Crippen LogP contribution in [0.2, 0.25) is 0 Å². The van der Waals surface area contributed by atoms with E-state index in [1.54, 1.807) is 12.1 Å². The molecule has 1 saturated heterocycles. The molecule has 2 N–H and O–H groups in total. The molecule has 18 heavy (non-hydrogen) atoms. The van der Waals surface area contributed by atoms with Crippen molar-refractivity contribution in [1.29, 1.82) is 0 Å². The smallest absolute Gasteiger partial charge is 0.378 e. The minimum absolute atomic E-state index is 0.0829. The molecule has 6 heteroatoms. The monoisotopic (exact) mass is 260 g/mol. The largest absolute Gasteiger partial charge is 0.407 e. The van der Waals surface area contributed by atoms with Crippen LogP contribution in [0.5, 0.6) is 0 Å². The van der Waals surface area contributed by atoms with E-state index in [-0.39, 0.29) is 5.56 Å². The van der Waals surface area contributed by atoms with Gasteiger partial charge < -0.3 is 15.4 Å². The molecule has 1 aromatic rings. The molecule has 3 nitrogen and oxygen atoms in total. The number of benzene rings is 1. The Morgan fingerprint density at radius 3 is 2.17 bits per heavy atom. The van der Waals surface area contributed by atoms with Gasteiger partial charge in [-0.2, -0.15) is 13.2 Å². The first-order valence-corrected chi connectivity index (χ1v) is 5.73. The van der Waals surface area contributed by atoms with E-state index in [9.17, 15) is 13.2 Å². The summed E-state index contributed by atoms with van der Waals surface area (Å²) >= 11 is 0. The highest BCUT2D eigenvalue weighted by Crippen LogP contribution is 2.31. The van der Waals surface area contributed by atoms with E-state index in [0.717, 1.165) is 18.8 Å². The Morgan fingerprint density at radius 2 is 1.67 bits per heavy atom. The molecule has 0 amide bonds. The van der Waals surface area contributed by atoms with Gasteiger partial charge in [0.1, 0.15) is 6.04 Å². The van der Waals surface area contributed by atoms with Gasteiger partial charge in [-0.1, -0.05) is 12.1 Å². The summed E-state index contributed by atoms with van der Waals surface area (Å²) in [7, 11) is 0. The number of halogens is 3. The van der Waals surface area contributed by atoms with Crippen molar-refractivity contribution in [3.05, 3.63) is 29.8 Å². The van der Waals surface area contributed by atoms with Crippen molar-refractivity contribution < 1.29 is 17.9 Å². The third-order valence-corrected chi connectivity index (χ3v) is 2.98. The van der Waals surface area contributed by atoms with Gasteiger partial charge in [-0.25, -0.2) is 0 Å². The van der Waals surface area contributed by atoms with Crippen LogP contribution in [0.25, 0.3) is 0 Å². The minimum Gasteiger partial charge on any atom is -0.378 e. The molecule has 1 atom stereocenters. The van der Waals surface area contributed by atoms with E-state index < -0.39 is 12.2 Å². The zero-order valence-corrected chi connectivity index (χ0v) is 9.78. The second-order valence-corrected chi connectivity index (χ2v) is 4.21. The van der Waals surface area contributed by atoms with Crippen molar-refractivity contribution in [2.75, 3.05) is 31.2 Å². The van der Waals surface area contributed by atoms with Gasteiger partial charge in [0, 0.05) is 18.8 Å². The summed E-state index contributed by atoms with van der Waals surface area (Å²) in [6.07, 6.45) is -4.40. The predicted octanol–water partition coefficient (Wildman–Crippen LogP) is 2.09. The normalized spacial score (nSPS) is 18.8. The summed E-state index contributed by atoms with van der Waals surface area (Å²) in [5.74, 6) is 0. The fourth-order valence-electron chi connectivity index (χ4n) is 1.90. The summed E-state index contributed by atoms with van der Waals surface area (Å²) in [5, 5.41) is 0. The summed E-state index contributed by atoms with van der Waals surface area (Å²) in [6.45, 7) is 2.79. The number of anilines is 1. The van der Waals surface area contributed by atoms with Crippen LogP contribution in [0, 0.1) is 0 Å². The average molecular weight is 260 g/mol. The van der Waals surface area contributed by atoms with Gasteiger partial charge >= 0.3 is 6.18 Å². The molecule has 0 saturated carbocycles. The number of morpholine rings is 1. The van der Waals surface area contributed by atoms with Crippen molar-refractivity contribution >= 4 is 5.69 Å². The van der Waals surface area contributed by atoms with Crippen LogP contribution < -0.4 is 10.6 Å². The standard InChI is InChI=1S/C12H15F3N2O/c13-12(14,15)11(16)9-1-3-10(4-2-9)17-5-7-18-8-6-17/h1-4,11H,5-8,16H2/t11-/m1/s1. The Hall–Kier alpha value is -1.27. The molecule has 1 heterocycles. The molecule has 0 bridgehead atoms. The first-order valence-electron chi connectivity index (χ1n) is 5.73. The molecule has 1 fully saturated rings. The van der Waals surface area contributed by atoms with Crippen LogP contribution in [0.1, 0.15) is 11.6 Å². The van der Waals surface area contributed by atoms with Gasteiger partial charge in [0.25, 0.3) is 0 Å². The van der Waals surface area contributed by atoms with Crippen molar-refractivity contribution in [1.82, 2.24) is 0 Å². The predicted molar refractivity (Wildman–Crippen MR) is 62.5 cm³/mol. The maximum atomic E-state index is 12.4. The lowest BCUT2D eigenvalue weighted by atomic mass is 10.1. The molecule has 2 rings (SSSR count). The van der Waals surface area contributed by atoms with Crippen molar-refractivity contribution in [3.8, 4) is 0 Å². The molecule has 1 aromatic carbocycles. The summed E-state index contributed by atoms with van der Waals surface area (Å²) in [5.41, 5.74) is 6.12. The molecule has 0 spiro atoms. The maximum Gasteiger partial charge on any atom is 0.407 e. The molecular weight excluding hydrogens is 245 g/mol. The molecule has 0 aromatic heterocycles. The first kappa shape index (κ1) is 13.2. The van der Waals surface area contributed by atoms with Gasteiger partial charge in [0.15, 0.2) is 0 Å². The number of hydrogen-bond acceptors (Lipinski definition) is 3. The van der Waals surface area contributed by atoms with E-state index in [1.165, 1.54) is 12.1 Å². The van der Waals surface area contributed by atoms with Crippen LogP contribution in [0.15, 0.2) is 24.3 Å². The Bertz CT molecular complexity index is 385. The molecule has 100 valence electrons. The highest BCUT2D eigenvalue weighted by Gasteiger charge is 2.37. The van der Waals surface area contributed by atoms with Crippen molar-refractivity contribution in [2.45, 2.75) is 12.2 Å². The fourth-order valence-corrected chi connectivity index (χ4v) is 1.90. The summed E-state index contributed by atoms with van der Waals surface area (Å²) < 4.78 is 42.5. The molecule has 1 aliphatic rings. The van der Waals surface area contributed by atoms with Gasteiger partial charge in [0.2, 0.25) is 0 Å². The Balaban J connectivity index is 2.09. The number of hydrogen-bond donors (Lipinski definition) is 1. The second kappa shape index (κ2) is 5.16. The lowest BCUT2D eigenvalue weighted by molar-refractivity contribution is -0.149. The number of alkyl halides is 3. The lowest BCUT2D eigenvalue weighted by Crippen LogP contribution is -2.36. The third kappa shape index (κ3) is 2.94. The van der Waals surface area contributed by atoms with E-state index in [2.05, 4.69) is 4.90 Å². The van der Waals surface area contributed by atoms with Crippen molar-refractivity contribution in [3.63, 3.8) is 0 Å². The van der Waals surface area contributed by atoms with E-state index in [1.807, 2.05) is 0 Å². The molecule has 0 aliphatic carbocycles. The first-order chi connectivity index (χ1) is 8.48. The fraction of sp³-hybridized carbons (Fsp3) is 0.500. The molecular formula is C12H15F3N2O. The van der Waals surface area contributed by atoms with Gasteiger partial charge in [-0.05, 0) is 17.7 Å². The topological polar surface area (TPSA) is 38.5 Å². The number of ether oxygens (including phenoxy) is 1. The van der Waals surface area contributed by atoms with Gasteiger partial charge in [0.05, 0.1) is 13.2 Å². The zero-order chi connectivity index (χ0) is 13.2. The Labute approximate surface area is 103 Å². The van der Waals surface area contributed by atoms with E-state index >= 15 is 0 Å². The van der Waals surface area contributed by atoms with Crippen molar-refractivity contribution in [2.24, 2.45) is 5.73 Å². The maximum absolute atomic E-state index is 12.4. The average Bonchev–Trinajstić information content (AvgIpc) is 2.38. The number of nitrogens with zero attached hydrogens (tertiary/aromatic N) is 1. The third-order valence-electron chi connectivity index (χ3n) is 2.98. The summed E-state index contributed by atoms with van der Waals surface area (Å²) in [4.78, 5) is 2.08. The second-order valence-electron chi connectivity index (χ2n) is 4.21. The summed E-state index contributed by atoms with van der Waals surface area (Å²) in [6, 6.07) is 4.29. The van der Waals surface area contributed by atoms with Crippen LogP contribution in [0.3, 0.4) is 0 Å². The van der Waals surface area contributed by atoms with Crippen LogP contribution in [-0.4, -0.2) is 32.5 Å². The molecule has 0 radical (unpaired) electrons. The van der Waals surface area contributed by atoms with Gasteiger partial charge in [-0.3, -0.25) is 0 Å². The quantitative estimate of drug-likeness (QED) is 0.884. The van der Waals surface area contributed by atoms with Crippen LogP contribution in [0.4, 0.5) is 18.9 Å². The van der Waals surface area contributed by atoms with Gasteiger partial charge in [-0.15, -0.1) is 0 Å². The van der Waals surface area contributed by atoms with Crippen LogP contribution in [-0.2, 0) is 4.74 Å². The number of nitrogens with two attached hydrogens (primary N) is 1. The number of rotatable bonds is 2. The molecule has 0 unspecified atom stereocenters. The lowest BCUT2D eigenvalue weighted by Gasteiger charge is -2.29. The van der Waals surface area contributed by atoms with Crippen LogP contribution >= 0.6 is 0 Å². The van der Waals surface area contributed by atoms with E-state index in [0.29, 0.717) is 13.2 Å². The highest BCUT2D eigenvalue weighted by molar-refractivity contribution is 5.48. The Morgan fingerprint density at radius 1 is 1.11 bits per heavy atom. The SMILES string of the molecule is N[C@H](c1ccc(N2CCOCC2)cc1)C(F)(F)F. The van der Waals surface area contributed by atoms with E-state index in [4.69, 9.17) is 10.5 Å². The highest BCUT2D eigenvalue weighted by atomic mass is 19.4. The Kier molecular flexibility index (Phi) is 3.77. The molecule has 1 aliphatic heterocycles. The zero-order valence-electron chi connectivity index (χ0n) is 9.78. The minimum atomic E-state index is -4.40.